The Bertz CT molecular complexity index is 1210. The van der Waals surface area contributed by atoms with Crippen LogP contribution < -0.4 is 9.64 Å². The van der Waals surface area contributed by atoms with Crippen LogP contribution in [0.15, 0.2) is 42.5 Å². The van der Waals surface area contributed by atoms with Crippen molar-refractivity contribution < 1.29 is 22.3 Å². The first-order chi connectivity index (χ1) is 17.8. The minimum atomic E-state index is -4.70. The summed E-state index contributed by atoms with van der Waals surface area (Å²) in [5.41, 5.74) is 1.89. The van der Waals surface area contributed by atoms with Crippen molar-refractivity contribution in [3.8, 4) is 11.4 Å². The Hall–Kier alpha value is -3.21. The van der Waals surface area contributed by atoms with E-state index in [9.17, 15) is 17.6 Å². The summed E-state index contributed by atoms with van der Waals surface area (Å²) in [6, 6.07) is 11.5. The Morgan fingerprint density at radius 1 is 1.05 bits per heavy atom. The molecule has 3 aromatic rings. The second-order valence-electron chi connectivity index (χ2n) is 9.87. The van der Waals surface area contributed by atoms with Gasteiger partial charge >= 0.3 is 6.18 Å². The average molecular weight is 519 g/mol. The summed E-state index contributed by atoms with van der Waals surface area (Å²) < 4.78 is 60.5. The molecule has 0 amide bonds. The standard InChI is InChI=1S/C26H30F4N6O/c1-34(22-15-20(10-12-23(22)37-2)36-25(26(28,29)30)31-32-33-36)21-11-7-18(16-35-13-3-4-14-35)24(21)17-5-8-19(27)9-6-17/h5-6,8-10,12,15,18,21,24H,3-4,7,11,13-14,16H2,1-2H3. The first-order valence-corrected chi connectivity index (χ1v) is 12.5. The fourth-order valence-electron chi connectivity index (χ4n) is 5.98. The van der Waals surface area contributed by atoms with E-state index in [1.54, 1.807) is 12.1 Å². The predicted octanol–water partition coefficient (Wildman–Crippen LogP) is 4.92. The van der Waals surface area contributed by atoms with E-state index in [4.69, 9.17) is 4.74 Å². The van der Waals surface area contributed by atoms with Crippen LogP contribution >= 0.6 is 0 Å². The van der Waals surface area contributed by atoms with Gasteiger partial charge in [-0.15, -0.1) is 5.10 Å². The molecule has 198 valence electrons. The van der Waals surface area contributed by atoms with Crippen molar-refractivity contribution in [3.05, 3.63) is 59.7 Å². The number of aromatic nitrogens is 4. The van der Waals surface area contributed by atoms with E-state index in [2.05, 4.69) is 25.3 Å². The third-order valence-electron chi connectivity index (χ3n) is 7.71. The number of alkyl halides is 3. The predicted molar refractivity (Wildman–Crippen MR) is 130 cm³/mol. The lowest BCUT2D eigenvalue weighted by molar-refractivity contribution is -0.146. The number of anilines is 1. The van der Waals surface area contributed by atoms with Gasteiger partial charge in [0.1, 0.15) is 11.6 Å². The highest BCUT2D eigenvalue weighted by atomic mass is 19.4. The zero-order valence-electron chi connectivity index (χ0n) is 20.8. The first-order valence-electron chi connectivity index (χ1n) is 12.5. The van der Waals surface area contributed by atoms with E-state index < -0.39 is 12.0 Å². The summed E-state index contributed by atoms with van der Waals surface area (Å²) in [6.07, 6.45) is -0.391. The molecule has 0 bridgehead atoms. The number of halogens is 4. The summed E-state index contributed by atoms with van der Waals surface area (Å²) in [6.45, 7) is 3.16. The van der Waals surface area contributed by atoms with Gasteiger partial charge in [-0.1, -0.05) is 12.1 Å². The van der Waals surface area contributed by atoms with Crippen molar-refractivity contribution in [3.63, 3.8) is 0 Å². The Morgan fingerprint density at radius 3 is 2.46 bits per heavy atom. The Kier molecular flexibility index (Phi) is 7.06. The van der Waals surface area contributed by atoms with Crippen LogP contribution in [-0.4, -0.2) is 64.9 Å². The van der Waals surface area contributed by atoms with Gasteiger partial charge in [0.25, 0.3) is 5.82 Å². The maximum atomic E-state index is 13.8. The van der Waals surface area contributed by atoms with Crippen molar-refractivity contribution in [2.75, 3.05) is 38.7 Å². The molecular weight excluding hydrogens is 488 g/mol. The van der Waals surface area contributed by atoms with Gasteiger partial charge in [0, 0.05) is 25.6 Å². The lowest BCUT2D eigenvalue weighted by Crippen LogP contribution is -2.37. The van der Waals surface area contributed by atoms with Gasteiger partial charge in [-0.25, -0.2) is 4.39 Å². The minimum absolute atomic E-state index is 0.0400. The second-order valence-corrected chi connectivity index (χ2v) is 9.87. The third kappa shape index (κ3) is 5.14. The first kappa shape index (κ1) is 25.4. The fourth-order valence-corrected chi connectivity index (χ4v) is 5.98. The topological polar surface area (TPSA) is 59.3 Å². The van der Waals surface area contributed by atoms with Crippen LogP contribution in [0.1, 0.15) is 43.0 Å². The van der Waals surface area contributed by atoms with E-state index in [-0.39, 0.29) is 23.5 Å². The molecule has 0 radical (unpaired) electrons. The third-order valence-corrected chi connectivity index (χ3v) is 7.71. The molecule has 1 saturated heterocycles. The summed E-state index contributed by atoms with van der Waals surface area (Å²) in [5, 5.41) is 9.99. The van der Waals surface area contributed by atoms with Crippen LogP contribution in [-0.2, 0) is 6.18 Å². The normalized spacial score (nSPS) is 22.5. The van der Waals surface area contributed by atoms with E-state index in [0.717, 1.165) is 38.0 Å². The molecule has 1 aliphatic heterocycles. The van der Waals surface area contributed by atoms with Gasteiger partial charge < -0.3 is 14.5 Å². The molecule has 7 nitrogen and oxygen atoms in total. The number of rotatable bonds is 7. The zero-order chi connectivity index (χ0) is 26.2. The summed E-state index contributed by atoms with van der Waals surface area (Å²) in [4.78, 5) is 4.58. The molecular formula is C26H30F4N6O. The number of hydrogen-bond acceptors (Lipinski definition) is 6. The van der Waals surface area contributed by atoms with Gasteiger partial charge in [-0.05, 0) is 91.0 Å². The van der Waals surface area contributed by atoms with E-state index in [1.807, 2.05) is 19.2 Å². The molecule has 11 heteroatoms. The number of tetrazole rings is 1. The maximum absolute atomic E-state index is 13.8. The number of likely N-dealkylation sites (tertiary alicyclic amines) is 1. The van der Waals surface area contributed by atoms with Gasteiger partial charge in [0.15, 0.2) is 0 Å². The lowest BCUT2D eigenvalue weighted by Gasteiger charge is -2.35. The van der Waals surface area contributed by atoms with E-state index in [1.165, 1.54) is 38.2 Å². The molecule has 2 heterocycles. The summed E-state index contributed by atoms with van der Waals surface area (Å²) in [7, 11) is 3.47. The zero-order valence-corrected chi connectivity index (χ0v) is 20.8. The summed E-state index contributed by atoms with van der Waals surface area (Å²) >= 11 is 0. The SMILES string of the molecule is COc1ccc(-n2nnnc2C(F)(F)F)cc1N(C)C1CCC(CN2CCCC2)C1c1ccc(F)cc1. The van der Waals surface area contributed by atoms with Gasteiger partial charge in [-0.3, -0.25) is 0 Å². The monoisotopic (exact) mass is 518 g/mol. The van der Waals surface area contributed by atoms with Crippen LogP contribution in [0, 0.1) is 11.7 Å². The van der Waals surface area contributed by atoms with Crippen LogP contribution in [0.3, 0.4) is 0 Å². The maximum Gasteiger partial charge on any atom is 0.453 e. The number of likely N-dealkylation sites (N-methyl/N-ethyl adjacent to an activating group) is 1. The second kappa shape index (κ2) is 10.3. The number of nitrogens with zero attached hydrogens (tertiary/aromatic N) is 6. The largest absolute Gasteiger partial charge is 0.495 e. The number of hydrogen-bond donors (Lipinski definition) is 0. The van der Waals surface area contributed by atoms with Crippen molar-refractivity contribution in [2.45, 2.75) is 43.8 Å². The molecule has 1 saturated carbocycles. The van der Waals surface area contributed by atoms with E-state index in [0.29, 0.717) is 22.0 Å². The molecule has 2 fully saturated rings. The molecule has 5 rings (SSSR count). The summed E-state index contributed by atoms with van der Waals surface area (Å²) in [5.74, 6) is -0.436. The molecule has 3 atom stereocenters. The molecule has 0 spiro atoms. The van der Waals surface area contributed by atoms with E-state index >= 15 is 0 Å². The molecule has 1 aromatic heterocycles. The van der Waals surface area contributed by atoms with Gasteiger partial charge in [0.05, 0.1) is 18.5 Å². The highest BCUT2D eigenvalue weighted by molar-refractivity contribution is 5.64. The molecule has 1 aliphatic carbocycles. The minimum Gasteiger partial charge on any atom is -0.495 e. The molecule has 2 aliphatic rings. The quantitative estimate of drug-likeness (QED) is 0.414. The molecule has 0 N–H and O–H groups in total. The van der Waals surface area contributed by atoms with Crippen molar-refractivity contribution >= 4 is 5.69 Å². The van der Waals surface area contributed by atoms with Crippen molar-refractivity contribution in [1.29, 1.82) is 0 Å². The van der Waals surface area contributed by atoms with Crippen LogP contribution in [0.25, 0.3) is 5.69 Å². The van der Waals surface area contributed by atoms with Gasteiger partial charge in [0.2, 0.25) is 0 Å². The molecule has 2 aromatic carbocycles. The number of benzene rings is 2. The van der Waals surface area contributed by atoms with Gasteiger partial charge in [-0.2, -0.15) is 17.9 Å². The Morgan fingerprint density at radius 2 is 1.78 bits per heavy atom. The Labute approximate surface area is 213 Å². The smallest absolute Gasteiger partial charge is 0.453 e. The van der Waals surface area contributed by atoms with Crippen LogP contribution in [0.4, 0.5) is 23.2 Å². The van der Waals surface area contributed by atoms with Crippen molar-refractivity contribution in [2.24, 2.45) is 5.92 Å². The average Bonchev–Trinajstić information content (AvgIpc) is 3.65. The van der Waals surface area contributed by atoms with Crippen LogP contribution in [0.2, 0.25) is 0 Å². The molecule has 37 heavy (non-hydrogen) atoms. The Balaban J connectivity index is 1.50. The number of methoxy groups -OCH3 is 1. The molecule has 3 unspecified atom stereocenters. The highest BCUT2D eigenvalue weighted by Crippen LogP contribution is 2.46. The van der Waals surface area contributed by atoms with Crippen molar-refractivity contribution in [1.82, 2.24) is 25.1 Å². The fraction of sp³-hybridized carbons (Fsp3) is 0.500. The highest BCUT2D eigenvalue weighted by Gasteiger charge is 2.41. The lowest BCUT2D eigenvalue weighted by atomic mass is 9.85. The van der Waals surface area contributed by atoms with Crippen LogP contribution in [0.5, 0.6) is 5.75 Å². The number of ether oxygens (including phenoxy) is 1.